The van der Waals surface area contributed by atoms with Crippen molar-refractivity contribution in [1.82, 2.24) is 0 Å². The highest BCUT2D eigenvalue weighted by Gasteiger charge is 2.35. The first kappa shape index (κ1) is 9.50. The molecule has 0 radical (unpaired) electrons. The molecule has 0 bridgehead atoms. The SMILES string of the molecule is N#CCCC1(O)CCCCC1N. The lowest BCUT2D eigenvalue weighted by Gasteiger charge is -2.37. The normalized spacial score (nSPS) is 35.9. The molecule has 0 saturated heterocycles. The zero-order chi connectivity index (χ0) is 9.03. The Kier molecular flexibility index (Phi) is 3.07. The van der Waals surface area contributed by atoms with Crippen LogP contribution < -0.4 is 5.73 Å². The zero-order valence-electron chi connectivity index (χ0n) is 7.29. The van der Waals surface area contributed by atoms with Crippen molar-refractivity contribution in [2.75, 3.05) is 0 Å². The first-order valence-electron chi connectivity index (χ1n) is 4.54. The van der Waals surface area contributed by atoms with Gasteiger partial charge < -0.3 is 10.8 Å². The summed E-state index contributed by atoms with van der Waals surface area (Å²) in [7, 11) is 0. The maximum Gasteiger partial charge on any atom is 0.0807 e. The second kappa shape index (κ2) is 3.88. The van der Waals surface area contributed by atoms with Gasteiger partial charge in [0.05, 0.1) is 11.7 Å². The molecule has 0 aromatic carbocycles. The molecule has 3 heteroatoms. The third-order valence-corrected chi connectivity index (χ3v) is 2.73. The molecule has 1 saturated carbocycles. The van der Waals surface area contributed by atoms with Gasteiger partial charge in [-0.2, -0.15) is 5.26 Å². The third kappa shape index (κ3) is 1.96. The van der Waals surface area contributed by atoms with Crippen LogP contribution in [0.15, 0.2) is 0 Å². The van der Waals surface area contributed by atoms with Gasteiger partial charge in [0.1, 0.15) is 0 Å². The fourth-order valence-corrected chi connectivity index (χ4v) is 1.83. The van der Waals surface area contributed by atoms with Crippen LogP contribution in [0.5, 0.6) is 0 Å². The molecule has 2 atom stereocenters. The fraction of sp³-hybridized carbons (Fsp3) is 0.889. The van der Waals surface area contributed by atoms with Gasteiger partial charge in [0.15, 0.2) is 0 Å². The first-order valence-corrected chi connectivity index (χ1v) is 4.54. The highest BCUT2D eigenvalue weighted by atomic mass is 16.3. The second-order valence-corrected chi connectivity index (χ2v) is 3.61. The Balaban J connectivity index is 2.48. The van der Waals surface area contributed by atoms with Gasteiger partial charge in [-0.15, -0.1) is 0 Å². The van der Waals surface area contributed by atoms with Crippen LogP contribution in [0.2, 0.25) is 0 Å². The van der Waals surface area contributed by atoms with Crippen molar-refractivity contribution in [2.24, 2.45) is 5.73 Å². The minimum atomic E-state index is -0.756. The Labute approximate surface area is 73.2 Å². The Hall–Kier alpha value is -0.590. The molecule has 1 fully saturated rings. The average Bonchev–Trinajstić information content (AvgIpc) is 2.07. The van der Waals surface area contributed by atoms with Crippen LogP contribution in [0, 0.1) is 11.3 Å². The quantitative estimate of drug-likeness (QED) is 0.644. The Morgan fingerprint density at radius 2 is 2.33 bits per heavy atom. The second-order valence-electron chi connectivity index (χ2n) is 3.61. The van der Waals surface area contributed by atoms with E-state index in [4.69, 9.17) is 11.0 Å². The number of aliphatic hydroxyl groups is 1. The summed E-state index contributed by atoms with van der Waals surface area (Å²) in [6.45, 7) is 0. The molecule has 1 aliphatic carbocycles. The predicted molar refractivity (Wildman–Crippen MR) is 46.2 cm³/mol. The molecule has 1 aliphatic rings. The maximum atomic E-state index is 9.99. The van der Waals surface area contributed by atoms with E-state index in [1.807, 2.05) is 6.07 Å². The Bertz CT molecular complexity index is 187. The van der Waals surface area contributed by atoms with Crippen LogP contribution in [0.25, 0.3) is 0 Å². The summed E-state index contributed by atoms with van der Waals surface area (Å²) in [5.74, 6) is 0. The maximum absolute atomic E-state index is 9.99. The van der Waals surface area contributed by atoms with Gasteiger partial charge >= 0.3 is 0 Å². The fourth-order valence-electron chi connectivity index (χ4n) is 1.83. The minimum absolute atomic E-state index is 0.125. The lowest BCUT2D eigenvalue weighted by molar-refractivity contribution is -0.0203. The number of hydrogen-bond acceptors (Lipinski definition) is 3. The molecule has 0 spiro atoms. The molecule has 2 unspecified atom stereocenters. The molecule has 68 valence electrons. The van der Waals surface area contributed by atoms with Gasteiger partial charge in [-0.3, -0.25) is 0 Å². The summed E-state index contributed by atoms with van der Waals surface area (Å²) in [6, 6.07) is 1.92. The number of nitriles is 1. The van der Waals surface area contributed by atoms with E-state index in [0.717, 1.165) is 25.7 Å². The highest BCUT2D eigenvalue weighted by Crippen LogP contribution is 2.30. The van der Waals surface area contributed by atoms with E-state index < -0.39 is 5.60 Å². The molecule has 0 aromatic heterocycles. The van der Waals surface area contributed by atoms with Gasteiger partial charge in [-0.1, -0.05) is 12.8 Å². The molecule has 3 N–H and O–H groups in total. The van der Waals surface area contributed by atoms with Crippen LogP contribution >= 0.6 is 0 Å². The lowest BCUT2D eigenvalue weighted by Crippen LogP contribution is -2.50. The molecule has 0 heterocycles. The zero-order valence-corrected chi connectivity index (χ0v) is 7.29. The van der Waals surface area contributed by atoms with Gasteiger partial charge in [0.2, 0.25) is 0 Å². The van der Waals surface area contributed by atoms with Crippen molar-refractivity contribution in [3.63, 3.8) is 0 Å². The molecule has 0 aliphatic heterocycles. The van der Waals surface area contributed by atoms with Gasteiger partial charge in [0, 0.05) is 12.5 Å². The van der Waals surface area contributed by atoms with E-state index >= 15 is 0 Å². The Morgan fingerprint density at radius 1 is 1.58 bits per heavy atom. The number of hydrogen-bond donors (Lipinski definition) is 2. The summed E-state index contributed by atoms with van der Waals surface area (Å²) in [5, 5.41) is 18.4. The highest BCUT2D eigenvalue weighted by molar-refractivity contribution is 4.94. The van der Waals surface area contributed by atoms with Crippen LogP contribution in [0.1, 0.15) is 38.5 Å². The predicted octanol–water partition coefficient (Wildman–Crippen LogP) is 0.923. The van der Waals surface area contributed by atoms with E-state index in [2.05, 4.69) is 0 Å². The minimum Gasteiger partial charge on any atom is -0.388 e. The van der Waals surface area contributed by atoms with Crippen molar-refractivity contribution in [3.8, 4) is 6.07 Å². The smallest absolute Gasteiger partial charge is 0.0807 e. The molecule has 12 heavy (non-hydrogen) atoms. The summed E-state index contributed by atoms with van der Waals surface area (Å²) >= 11 is 0. The molecule has 0 aromatic rings. The largest absolute Gasteiger partial charge is 0.388 e. The van der Waals surface area contributed by atoms with Crippen molar-refractivity contribution in [2.45, 2.75) is 50.2 Å². The van der Waals surface area contributed by atoms with Crippen molar-refractivity contribution < 1.29 is 5.11 Å². The summed E-state index contributed by atoms with van der Waals surface area (Å²) < 4.78 is 0. The van der Waals surface area contributed by atoms with E-state index in [9.17, 15) is 5.11 Å². The number of rotatable bonds is 2. The van der Waals surface area contributed by atoms with Gasteiger partial charge in [-0.25, -0.2) is 0 Å². The van der Waals surface area contributed by atoms with Crippen LogP contribution in [0.3, 0.4) is 0 Å². The summed E-state index contributed by atoms with van der Waals surface area (Å²) in [5.41, 5.74) is 5.04. The average molecular weight is 168 g/mol. The van der Waals surface area contributed by atoms with E-state index in [0.29, 0.717) is 12.8 Å². The molecule has 3 nitrogen and oxygen atoms in total. The van der Waals surface area contributed by atoms with Crippen molar-refractivity contribution >= 4 is 0 Å². The van der Waals surface area contributed by atoms with Crippen molar-refractivity contribution in [3.05, 3.63) is 0 Å². The van der Waals surface area contributed by atoms with Crippen LogP contribution in [0.4, 0.5) is 0 Å². The number of nitrogens with zero attached hydrogens (tertiary/aromatic N) is 1. The topological polar surface area (TPSA) is 70.0 Å². The summed E-state index contributed by atoms with van der Waals surface area (Å²) in [6.07, 6.45) is 4.73. The monoisotopic (exact) mass is 168 g/mol. The summed E-state index contributed by atoms with van der Waals surface area (Å²) in [4.78, 5) is 0. The molecule has 0 amide bonds. The van der Waals surface area contributed by atoms with Crippen LogP contribution in [-0.4, -0.2) is 16.7 Å². The standard InChI is InChI=1S/C9H16N2O/c10-7-3-6-9(12)5-2-1-4-8(9)11/h8,12H,1-6,11H2. The molecule has 1 rings (SSSR count). The molecular formula is C9H16N2O. The van der Waals surface area contributed by atoms with Gasteiger partial charge in [-0.05, 0) is 19.3 Å². The Morgan fingerprint density at radius 3 is 2.92 bits per heavy atom. The van der Waals surface area contributed by atoms with E-state index in [1.54, 1.807) is 0 Å². The molecular weight excluding hydrogens is 152 g/mol. The van der Waals surface area contributed by atoms with Crippen LogP contribution in [-0.2, 0) is 0 Å². The first-order chi connectivity index (χ1) is 5.69. The third-order valence-electron chi connectivity index (χ3n) is 2.73. The van der Waals surface area contributed by atoms with Crippen molar-refractivity contribution in [1.29, 1.82) is 5.26 Å². The number of nitrogens with two attached hydrogens (primary N) is 1. The van der Waals surface area contributed by atoms with E-state index in [-0.39, 0.29) is 6.04 Å². The van der Waals surface area contributed by atoms with Gasteiger partial charge in [0.25, 0.3) is 0 Å². The lowest BCUT2D eigenvalue weighted by atomic mass is 9.78. The van der Waals surface area contributed by atoms with E-state index in [1.165, 1.54) is 0 Å².